The Hall–Kier alpha value is -0.370. The van der Waals surface area contributed by atoms with E-state index >= 15 is 0 Å². The van der Waals surface area contributed by atoms with Crippen LogP contribution in [0.2, 0.25) is 10.0 Å². The molecule has 1 heterocycles. The van der Waals surface area contributed by atoms with Crippen molar-refractivity contribution in [2.75, 3.05) is 32.8 Å². The molecule has 21 heavy (non-hydrogen) atoms. The number of hydrogen-bond donors (Lipinski definition) is 1. The topological polar surface area (TPSA) is 58.6 Å². The second kappa shape index (κ2) is 7.26. The van der Waals surface area contributed by atoms with Crippen LogP contribution in [0.1, 0.15) is 12.5 Å². The molecule has 0 bridgehead atoms. The summed E-state index contributed by atoms with van der Waals surface area (Å²) in [6.45, 7) is 4.70. The summed E-state index contributed by atoms with van der Waals surface area (Å²) < 4.78 is 31.9. The van der Waals surface area contributed by atoms with Gasteiger partial charge in [0.2, 0.25) is 10.0 Å². The third-order valence-corrected chi connectivity index (χ3v) is 5.97. The van der Waals surface area contributed by atoms with E-state index in [1.807, 2.05) is 6.92 Å². The van der Waals surface area contributed by atoms with Crippen LogP contribution in [0.25, 0.3) is 0 Å². The standard InChI is InChI=1S/C13H18Cl2N2O3S/c1-2-16-9-10-7-13(12(15)8-11(10)14)21(18,19)17-3-5-20-6-4-17/h7-8,16H,2-6,9H2,1H3. The second-order valence-electron chi connectivity index (χ2n) is 4.67. The van der Waals surface area contributed by atoms with Gasteiger partial charge in [-0.1, -0.05) is 30.1 Å². The molecular weight excluding hydrogens is 335 g/mol. The van der Waals surface area contributed by atoms with E-state index in [4.69, 9.17) is 27.9 Å². The molecule has 0 saturated carbocycles. The van der Waals surface area contributed by atoms with E-state index in [-0.39, 0.29) is 9.92 Å². The number of benzene rings is 1. The van der Waals surface area contributed by atoms with Crippen molar-refractivity contribution in [1.82, 2.24) is 9.62 Å². The molecule has 1 aromatic rings. The van der Waals surface area contributed by atoms with Crippen LogP contribution < -0.4 is 5.32 Å². The molecule has 1 saturated heterocycles. The fraction of sp³-hybridized carbons (Fsp3) is 0.538. The van der Waals surface area contributed by atoms with Crippen molar-refractivity contribution < 1.29 is 13.2 Å². The molecular formula is C13H18Cl2N2O3S. The van der Waals surface area contributed by atoms with E-state index in [1.165, 1.54) is 10.4 Å². The monoisotopic (exact) mass is 352 g/mol. The van der Waals surface area contributed by atoms with Crippen molar-refractivity contribution in [3.8, 4) is 0 Å². The molecule has 5 nitrogen and oxygen atoms in total. The van der Waals surface area contributed by atoms with Crippen molar-refractivity contribution in [2.24, 2.45) is 0 Å². The molecule has 0 unspecified atom stereocenters. The number of hydrogen-bond acceptors (Lipinski definition) is 4. The Balaban J connectivity index is 2.37. The van der Waals surface area contributed by atoms with Gasteiger partial charge in [-0.15, -0.1) is 0 Å². The maximum atomic E-state index is 12.7. The average Bonchev–Trinajstić information content (AvgIpc) is 2.47. The van der Waals surface area contributed by atoms with E-state index in [2.05, 4.69) is 5.32 Å². The maximum absolute atomic E-state index is 12.7. The first kappa shape index (κ1) is 17.0. The van der Waals surface area contributed by atoms with Gasteiger partial charge in [0.05, 0.1) is 18.2 Å². The Morgan fingerprint density at radius 3 is 2.52 bits per heavy atom. The van der Waals surface area contributed by atoms with Gasteiger partial charge in [-0.3, -0.25) is 0 Å². The Kier molecular flexibility index (Phi) is 5.88. The molecule has 0 amide bonds. The third kappa shape index (κ3) is 3.88. The Labute approximate surface area is 135 Å². The van der Waals surface area contributed by atoms with Crippen LogP contribution in [0.4, 0.5) is 0 Å². The van der Waals surface area contributed by atoms with Gasteiger partial charge < -0.3 is 10.1 Å². The van der Waals surface area contributed by atoms with E-state index in [1.54, 1.807) is 6.07 Å². The summed E-state index contributed by atoms with van der Waals surface area (Å²) in [6, 6.07) is 3.04. The van der Waals surface area contributed by atoms with Crippen LogP contribution in [0, 0.1) is 0 Å². The van der Waals surface area contributed by atoms with Gasteiger partial charge in [-0.25, -0.2) is 8.42 Å². The molecule has 1 aliphatic rings. The van der Waals surface area contributed by atoms with Crippen LogP contribution in [0.3, 0.4) is 0 Å². The molecule has 0 aliphatic carbocycles. The minimum Gasteiger partial charge on any atom is -0.379 e. The predicted octanol–water partition coefficient (Wildman–Crippen LogP) is 2.12. The molecule has 1 aromatic carbocycles. The zero-order valence-corrected chi connectivity index (χ0v) is 14.1. The van der Waals surface area contributed by atoms with Crippen LogP contribution in [0.15, 0.2) is 17.0 Å². The number of rotatable bonds is 5. The highest BCUT2D eigenvalue weighted by Gasteiger charge is 2.29. The van der Waals surface area contributed by atoms with Crippen LogP contribution in [-0.2, 0) is 21.3 Å². The second-order valence-corrected chi connectivity index (χ2v) is 7.39. The van der Waals surface area contributed by atoms with E-state index < -0.39 is 10.0 Å². The van der Waals surface area contributed by atoms with Crippen molar-refractivity contribution in [1.29, 1.82) is 0 Å². The highest BCUT2D eigenvalue weighted by Crippen LogP contribution is 2.31. The first-order chi connectivity index (χ1) is 9.96. The summed E-state index contributed by atoms with van der Waals surface area (Å²) in [5.74, 6) is 0. The van der Waals surface area contributed by atoms with Crippen LogP contribution in [-0.4, -0.2) is 45.6 Å². The lowest BCUT2D eigenvalue weighted by molar-refractivity contribution is 0.0730. The normalized spacial score (nSPS) is 17.1. The summed E-state index contributed by atoms with van der Waals surface area (Å²) in [4.78, 5) is 0.100. The maximum Gasteiger partial charge on any atom is 0.244 e. The molecule has 2 rings (SSSR count). The molecule has 118 valence electrons. The van der Waals surface area contributed by atoms with Crippen molar-refractivity contribution in [2.45, 2.75) is 18.4 Å². The zero-order chi connectivity index (χ0) is 15.5. The molecule has 1 N–H and O–H groups in total. The number of halogens is 2. The fourth-order valence-corrected chi connectivity index (χ4v) is 4.34. The summed E-state index contributed by atoms with van der Waals surface area (Å²) in [6.07, 6.45) is 0. The number of ether oxygens (including phenoxy) is 1. The van der Waals surface area contributed by atoms with Crippen molar-refractivity contribution in [3.05, 3.63) is 27.7 Å². The third-order valence-electron chi connectivity index (χ3n) is 3.25. The minimum atomic E-state index is -3.62. The molecule has 0 radical (unpaired) electrons. The Morgan fingerprint density at radius 2 is 1.90 bits per heavy atom. The van der Waals surface area contributed by atoms with Crippen molar-refractivity contribution in [3.63, 3.8) is 0 Å². The lowest BCUT2D eigenvalue weighted by Crippen LogP contribution is -2.40. The average molecular weight is 353 g/mol. The SMILES string of the molecule is CCNCc1cc(S(=O)(=O)N2CCOCC2)c(Cl)cc1Cl. The van der Waals surface area contributed by atoms with Gasteiger partial charge in [-0.2, -0.15) is 4.31 Å². The van der Waals surface area contributed by atoms with Gasteiger partial charge in [-0.05, 0) is 24.2 Å². The molecule has 0 aromatic heterocycles. The lowest BCUT2D eigenvalue weighted by Gasteiger charge is -2.26. The van der Waals surface area contributed by atoms with E-state index in [0.717, 1.165) is 12.1 Å². The highest BCUT2D eigenvalue weighted by atomic mass is 35.5. The molecule has 1 aliphatic heterocycles. The number of nitrogens with zero attached hydrogens (tertiary/aromatic N) is 1. The van der Waals surface area contributed by atoms with Gasteiger partial charge >= 0.3 is 0 Å². The van der Waals surface area contributed by atoms with Crippen LogP contribution in [0.5, 0.6) is 0 Å². The largest absolute Gasteiger partial charge is 0.379 e. The number of morpholine rings is 1. The molecule has 0 atom stereocenters. The Morgan fingerprint density at radius 1 is 1.24 bits per heavy atom. The smallest absolute Gasteiger partial charge is 0.244 e. The summed E-state index contributed by atoms with van der Waals surface area (Å²) >= 11 is 12.2. The number of nitrogens with one attached hydrogen (secondary N) is 1. The zero-order valence-electron chi connectivity index (χ0n) is 11.7. The lowest BCUT2D eigenvalue weighted by atomic mass is 10.2. The van der Waals surface area contributed by atoms with Crippen LogP contribution >= 0.6 is 23.2 Å². The van der Waals surface area contributed by atoms with Gasteiger partial charge in [0.25, 0.3) is 0 Å². The number of sulfonamides is 1. The highest BCUT2D eigenvalue weighted by molar-refractivity contribution is 7.89. The molecule has 0 spiro atoms. The summed E-state index contributed by atoms with van der Waals surface area (Å²) in [7, 11) is -3.62. The molecule has 1 fully saturated rings. The van der Waals surface area contributed by atoms with Gasteiger partial charge in [0.1, 0.15) is 4.90 Å². The summed E-state index contributed by atoms with van der Waals surface area (Å²) in [5, 5.41) is 3.73. The van der Waals surface area contributed by atoms with E-state index in [0.29, 0.717) is 37.9 Å². The summed E-state index contributed by atoms with van der Waals surface area (Å²) in [5.41, 5.74) is 0.717. The molecule has 8 heteroatoms. The minimum absolute atomic E-state index is 0.100. The first-order valence-electron chi connectivity index (χ1n) is 6.73. The Bertz CT molecular complexity index is 602. The first-order valence-corrected chi connectivity index (χ1v) is 8.93. The quantitative estimate of drug-likeness (QED) is 0.881. The van der Waals surface area contributed by atoms with Gasteiger partial charge in [0, 0.05) is 24.7 Å². The van der Waals surface area contributed by atoms with Gasteiger partial charge in [0.15, 0.2) is 0 Å². The predicted molar refractivity (Wildman–Crippen MR) is 83.4 cm³/mol. The van der Waals surface area contributed by atoms with E-state index in [9.17, 15) is 8.42 Å². The fourth-order valence-electron chi connectivity index (χ4n) is 2.09. The van der Waals surface area contributed by atoms with Crippen molar-refractivity contribution >= 4 is 33.2 Å².